The van der Waals surface area contributed by atoms with Gasteiger partial charge in [0.2, 0.25) is 0 Å². The van der Waals surface area contributed by atoms with Crippen LogP contribution < -0.4 is 9.47 Å². The van der Waals surface area contributed by atoms with Crippen molar-refractivity contribution in [2.75, 3.05) is 14.2 Å². The Bertz CT molecular complexity index is 1130. The van der Waals surface area contributed by atoms with E-state index in [1.807, 2.05) is 12.1 Å². The van der Waals surface area contributed by atoms with E-state index < -0.39 is 0 Å². The van der Waals surface area contributed by atoms with Gasteiger partial charge in [0.15, 0.2) is 0 Å². The normalized spacial score (nSPS) is 27.5. The van der Waals surface area contributed by atoms with Gasteiger partial charge in [0.25, 0.3) is 0 Å². The van der Waals surface area contributed by atoms with Crippen LogP contribution in [0, 0.1) is 24.7 Å². The van der Waals surface area contributed by atoms with Crippen molar-refractivity contribution in [3.63, 3.8) is 0 Å². The van der Waals surface area contributed by atoms with Gasteiger partial charge in [-0.15, -0.1) is 0 Å². The molecule has 3 nitrogen and oxygen atoms in total. The zero-order valence-electron chi connectivity index (χ0n) is 19.9. The molecule has 0 N–H and O–H groups in total. The lowest BCUT2D eigenvalue weighted by Gasteiger charge is -2.56. The molecule has 4 aliphatic carbocycles. The maximum atomic E-state index is 5.43. The van der Waals surface area contributed by atoms with Gasteiger partial charge in [0.1, 0.15) is 11.5 Å². The lowest BCUT2D eigenvalue weighted by Crippen LogP contribution is -2.49. The topological polar surface area (TPSA) is 31.4 Å². The maximum Gasteiger partial charge on any atom is 0.118 e. The van der Waals surface area contributed by atoms with Crippen molar-refractivity contribution in [3.8, 4) is 33.8 Å². The lowest BCUT2D eigenvalue weighted by atomic mass is 9.48. The first kappa shape index (κ1) is 20.8. The summed E-state index contributed by atoms with van der Waals surface area (Å²) >= 11 is 0. The zero-order valence-corrected chi connectivity index (χ0v) is 19.9. The number of hydrogen-bond donors (Lipinski definition) is 0. The largest absolute Gasteiger partial charge is 0.497 e. The first-order valence-corrected chi connectivity index (χ1v) is 12.4. The molecule has 1 heterocycles. The van der Waals surface area contributed by atoms with E-state index in [9.17, 15) is 0 Å². The number of benzene rings is 2. The molecule has 33 heavy (non-hydrogen) atoms. The zero-order chi connectivity index (χ0) is 22.6. The fourth-order valence-electron chi connectivity index (χ4n) is 7.49. The molecule has 4 aliphatic rings. The number of ether oxygens (including phenoxy) is 2. The van der Waals surface area contributed by atoms with Gasteiger partial charge >= 0.3 is 0 Å². The maximum absolute atomic E-state index is 5.43. The number of hydrogen-bond acceptors (Lipinski definition) is 3. The fourth-order valence-corrected chi connectivity index (χ4v) is 7.49. The molecule has 4 saturated carbocycles. The van der Waals surface area contributed by atoms with Crippen LogP contribution in [0.25, 0.3) is 22.3 Å². The Kier molecular flexibility index (Phi) is 4.97. The van der Waals surface area contributed by atoms with E-state index >= 15 is 0 Å². The first-order valence-electron chi connectivity index (χ1n) is 12.4. The number of aromatic nitrogens is 1. The van der Waals surface area contributed by atoms with Gasteiger partial charge in [-0.25, -0.2) is 0 Å². The van der Waals surface area contributed by atoms with E-state index in [1.54, 1.807) is 14.2 Å². The summed E-state index contributed by atoms with van der Waals surface area (Å²) in [6.45, 7) is 2.19. The molecule has 0 atom stereocenters. The van der Waals surface area contributed by atoms with Gasteiger partial charge in [0, 0.05) is 22.4 Å². The molecule has 0 saturated heterocycles. The molecule has 170 valence electrons. The third-order valence-electron chi connectivity index (χ3n) is 8.56. The van der Waals surface area contributed by atoms with Gasteiger partial charge in [-0.2, -0.15) is 0 Å². The first-order chi connectivity index (χ1) is 16.1. The number of pyridine rings is 1. The third kappa shape index (κ3) is 3.53. The molecule has 0 spiro atoms. The number of aryl methyl sites for hydroxylation is 1. The number of rotatable bonds is 5. The van der Waals surface area contributed by atoms with Gasteiger partial charge < -0.3 is 9.47 Å². The average Bonchev–Trinajstić information content (AvgIpc) is 2.83. The highest BCUT2D eigenvalue weighted by atomic mass is 16.5. The van der Waals surface area contributed by atoms with E-state index in [4.69, 9.17) is 14.5 Å². The fraction of sp³-hybridized carbons (Fsp3) is 0.433. The highest BCUT2D eigenvalue weighted by molar-refractivity contribution is 5.85. The Morgan fingerprint density at radius 3 is 1.70 bits per heavy atom. The van der Waals surface area contributed by atoms with E-state index in [0.717, 1.165) is 34.9 Å². The summed E-state index contributed by atoms with van der Waals surface area (Å²) in [5, 5.41) is 0. The van der Waals surface area contributed by atoms with Crippen LogP contribution in [-0.2, 0) is 5.41 Å². The van der Waals surface area contributed by atoms with Crippen LogP contribution in [-0.4, -0.2) is 19.2 Å². The average molecular weight is 440 g/mol. The second-order valence-corrected chi connectivity index (χ2v) is 10.7. The van der Waals surface area contributed by atoms with Gasteiger partial charge in [0.05, 0.1) is 14.2 Å². The van der Waals surface area contributed by atoms with Crippen LogP contribution in [0.1, 0.15) is 49.9 Å². The summed E-state index contributed by atoms with van der Waals surface area (Å²) in [5.41, 5.74) is 7.64. The molecular weight excluding hydrogens is 406 g/mol. The van der Waals surface area contributed by atoms with Crippen LogP contribution in [0.4, 0.5) is 0 Å². The second-order valence-electron chi connectivity index (χ2n) is 10.7. The second kappa shape index (κ2) is 7.90. The molecule has 0 radical (unpaired) electrons. The minimum atomic E-state index is 0.277. The minimum Gasteiger partial charge on any atom is -0.497 e. The van der Waals surface area contributed by atoms with E-state index in [1.165, 1.54) is 66.5 Å². The summed E-state index contributed by atoms with van der Waals surface area (Å²) < 4.78 is 10.8. The Balaban J connectivity index is 1.51. The summed E-state index contributed by atoms with van der Waals surface area (Å²) in [5.74, 6) is 4.48. The molecule has 3 aromatic rings. The van der Waals surface area contributed by atoms with Crippen LogP contribution in [0.5, 0.6) is 11.5 Å². The molecule has 4 bridgehead atoms. The summed E-state index contributed by atoms with van der Waals surface area (Å²) in [4.78, 5) is 5.35. The SMILES string of the molecule is COc1ccc(-c2cc(C34CC5CC(CC(C5)C3)C4)nc(C)c2-c2ccc(OC)cc2)cc1. The lowest BCUT2D eigenvalue weighted by molar-refractivity contribution is -0.00722. The van der Waals surface area contributed by atoms with Crippen molar-refractivity contribution in [1.29, 1.82) is 0 Å². The molecule has 2 aromatic carbocycles. The molecule has 1 aromatic heterocycles. The monoisotopic (exact) mass is 439 g/mol. The van der Waals surface area contributed by atoms with Crippen molar-refractivity contribution in [3.05, 3.63) is 66.0 Å². The molecular formula is C30H33NO2. The molecule has 0 aliphatic heterocycles. The van der Waals surface area contributed by atoms with E-state index in [-0.39, 0.29) is 5.41 Å². The van der Waals surface area contributed by atoms with Crippen molar-refractivity contribution in [2.45, 2.75) is 50.9 Å². The van der Waals surface area contributed by atoms with E-state index in [2.05, 4.69) is 49.4 Å². The van der Waals surface area contributed by atoms with E-state index in [0.29, 0.717) is 0 Å². The predicted octanol–water partition coefficient (Wildman–Crippen LogP) is 7.21. The van der Waals surface area contributed by atoms with Gasteiger partial charge in [-0.3, -0.25) is 4.98 Å². The van der Waals surface area contributed by atoms with Crippen LogP contribution in [0.2, 0.25) is 0 Å². The quantitative estimate of drug-likeness (QED) is 0.421. The molecule has 0 unspecified atom stereocenters. The Morgan fingerprint density at radius 1 is 0.727 bits per heavy atom. The van der Waals surface area contributed by atoms with Crippen LogP contribution >= 0.6 is 0 Å². The summed E-state index contributed by atoms with van der Waals surface area (Å²) in [6, 6.07) is 19.3. The number of methoxy groups -OCH3 is 2. The van der Waals surface area contributed by atoms with Gasteiger partial charge in [-0.05, 0) is 110 Å². The highest BCUT2D eigenvalue weighted by Crippen LogP contribution is 2.60. The predicted molar refractivity (Wildman–Crippen MR) is 133 cm³/mol. The van der Waals surface area contributed by atoms with Crippen molar-refractivity contribution in [2.24, 2.45) is 17.8 Å². The van der Waals surface area contributed by atoms with Crippen LogP contribution in [0.15, 0.2) is 54.6 Å². The Hall–Kier alpha value is -2.81. The van der Waals surface area contributed by atoms with Crippen LogP contribution in [0.3, 0.4) is 0 Å². The molecule has 7 rings (SSSR count). The number of nitrogens with zero attached hydrogens (tertiary/aromatic N) is 1. The molecule has 4 fully saturated rings. The standard InChI is InChI=1S/C30H33NO2/c1-19-29(24-6-10-26(33-3)11-7-24)27(23-4-8-25(32-2)9-5-23)15-28(31-19)30-16-20-12-21(17-30)14-22(13-20)18-30/h4-11,15,20-22H,12-14,16-18H2,1-3H3. The Labute approximate surface area is 197 Å². The summed E-state index contributed by atoms with van der Waals surface area (Å²) in [7, 11) is 3.43. The summed E-state index contributed by atoms with van der Waals surface area (Å²) in [6.07, 6.45) is 8.34. The Morgan fingerprint density at radius 2 is 1.21 bits per heavy atom. The van der Waals surface area contributed by atoms with Crippen molar-refractivity contribution in [1.82, 2.24) is 4.98 Å². The third-order valence-corrected chi connectivity index (χ3v) is 8.56. The smallest absolute Gasteiger partial charge is 0.118 e. The minimum absolute atomic E-state index is 0.277. The van der Waals surface area contributed by atoms with Crippen molar-refractivity contribution >= 4 is 0 Å². The highest BCUT2D eigenvalue weighted by Gasteiger charge is 2.52. The van der Waals surface area contributed by atoms with Gasteiger partial charge in [-0.1, -0.05) is 24.3 Å². The van der Waals surface area contributed by atoms with Crippen molar-refractivity contribution < 1.29 is 9.47 Å². The molecule has 0 amide bonds. The molecule has 3 heteroatoms.